The van der Waals surface area contributed by atoms with Crippen molar-refractivity contribution in [1.29, 1.82) is 0 Å². The highest BCUT2D eigenvalue weighted by Crippen LogP contribution is 2.32. The molecule has 0 saturated carbocycles. The van der Waals surface area contributed by atoms with Gasteiger partial charge in [-0.3, -0.25) is 9.10 Å². The number of carbonyl (C=O) groups excluding carboxylic acids is 1. The van der Waals surface area contributed by atoms with Gasteiger partial charge in [0, 0.05) is 12.6 Å². The van der Waals surface area contributed by atoms with Gasteiger partial charge in [0.15, 0.2) is 11.5 Å². The van der Waals surface area contributed by atoms with E-state index in [4.69, 9.17) is 9.47 Å². The summed E-state index contributed by atoms with van der Waals surface area (Å²) < 4.78 is 48.6. The minimum atomic E-state index is -3.71. The van der Waals surface area contributed by atoms with Crippen LogP contribution in [0.15, 0.2) is 42.5 Å². The summed E-state index contributed by atoms with van der Waals surface area (Å²) in [5.41, 5.74) is 1.15. The third-order valence-electron chi connectivity index (χ3n) is 3.99. The smallest absolute Gasteiger partial charge is 0.240 e. The van der Waals surface area contributed by atoms with Crippen molar-refractivity contribution in [3.05, 3.63) is 53.8 Å². The molecule has 0 atom stereocenters. The molecule has 9 heteroatoms. The van der Waals surface area contributed by atoms with Crippen LogP contribution >= 0.6 is 0 Å². The third kappa shape index (κ3) is 5.85. The highest BCUT2D eigenvalue weighted by molar-refractivity contribution is 7.92. The van der Waals surface area contributed by atoms with Crippen LogP contribution in [0.4, 0.5) is 10.1 Å². The first-order chi connectivity index (χ1) is 13.2. The molecule has 0 unspecified atom stereocenters. The second-order valence-electron chi connectivity index (χ2n) is 6.04. The second-order valence-corrected chi connectivity index (χ2v) is 7.94. The maximum atomic E-state index is 12.9. The van der Waals surface area contributed by atoms with Gasteiger partial charge in [-0.15, -0.1) is 0 Å². The molecule has 152 valence electrons. The highest BCUT2D eigenvalue weighted by Gasteiger charge is 2.22. The van der Waals surface area contributed by atoms with Gasteiger partial charge in [-0.1, -0.05) is 12.1 Å². The van der Waals surface area contributed by atoms with E-state index in [0.29, 0.717) is 24.5 Å². The second kappa shape index (κ2) is 9.41. The molecular weight excluding hydrogens is 387 g/mol. The normalized spacial score (nSPS) is 11.0. The fourth-order valence-electron chi connectivity index (χ4n) is 2.56. The largest absolute Gasteiger partial charge is 0.493 e. The number of ether oxygens (including phenoxy) is 2. The molecule has 0 aliphatic carbocycles. The van der Waals surface area contributed by atoms with E-state index < -0.39 is 15.9 Å². The van der Waals surface area contributed by atoms with Gasteiger partial charge in [0.1, 0.15) is 12.4 Å². The number of halogens is 1. The molecule has 0 aromatic heterocycles. The summed E-state index contributed by atoms with van der Waals surface area (Å²) in [6.07, 6.45) is 1.52. The average Bonchev–Trinajstić information content (AvgIpc) is 2.66. The molecule has 7 nitrogen and oxygen atoms in total. The number of sulfonamides is 1. The van der Waals surface area contributed by atoms with Crippen LogP contribution in [0.5, 0.6) is 11.5 Å². The quantitative estimate of drug-likeness (QED) is 0.683. The van der Waals surface area contributed by atoms with E-state index in [9.17, 15) is 17.6 Å². The summed E-state index contributed by atoms with van der Waals surface area (Å²) in [6, 6.07) is 10.6. The zero-order valence-corrected chi connectivity index (χ0v) is 16.8. The van der Waals surface area contributed by atoms with Crippen molar-refractivity contribution < 1.29 is 27.1 Å². The van der Waals surface area contributed by atoms with Gasteiger partial charge in [0.25, 0.3) is 0 Å². The first-order valence-electron chi connectivity index (χ1n) is 8.45. The monoisotopic (exact) mass is 410 g/mol. The lowest BCUT2D eigenvalue weighted by molar-refractivity contribution is -0.119. The molecule has 2 rings (SSSR count). The molecular formula is C19H23FN2O5S. The molecule has 0 radical (unpaired) electrons. The first-order valence-corrected chi connectivity index (χ1v) is 10.3. The van der Waals surface area contributed by atoms with Crippen molar-refractivity contribution in [1.82, 2.24) is 5.32 Å². The number of rotatable bonds is 9. The fraction of sp³-hybridized carbons (Fsp3) is 0.316. The Morgan fingerprint density at radius 3 is 2.29 bits per heavy atom. The van der Waals surface area contributed by atoms with E-state index in [1.807, 2.05) is 0 Å². The lowest BCUT2D eigenvalue weighted by atomic mass is 10.1. The molecule has 28 heavy (non-hydrogen) atoms. The maximum absolute atomic E-state index is 12.9. The molecule has 1 N–H and O–H groups in total. The Bertz CT molecular complexity index is 916. The average molecular weight is 410 g/mol. The van der Waals surface area contributed by atoms with E-state index in [0.717, 1.165) is 16.1 Å². The Balaban J connectivity index is 2.05. The number of benzene rings is 2. The highest BCUT2D eigenvalue weighted by atomic mass is 32.2. The van der Waals surface area contributed by atoms with Crippen molar-refractivity contribution in [2.24, 2.45) is 0 Å². The Labute approximate surface area is 164 Å². The summed E-state index contributed by atoms with van der Waals surface area (Å²) in [5, 5.41) is 2.67. The van der Waals surface area contributed by atoms with Crippen LogP contribution in [0, 0.1) is 5.82 Å². The van der Waals surface area contributed by atoms with Crippen LogP contribution in [0.1, 0.15) is 5.56 Å². The van der Waals surface area contributed by atoms with Gasteiger partial charge in [-0.25, -0.2) is 12.8 Å². The first kappa shape index (κ1) is 21.5. The summed E-state index contributed by atoms with van der Waals surface area (Å²) in [4.78, 5) is 12.3. The number of nitrogens with zero attached hydrogens (tertiary/aromatic N) is 1. The van der Waals surface area contributed by atoms with E-state index in [1.165, 1.54) is 38.5 Å². The fourth-order valence-corrected chi connectivity index (χ4v) is 3.41. The molecule has 0 fully saturated rings. The SMILES string of the molecule is COc1ccc(N(CC(=O)NCCc2ccc(F)cc2)S(C)(=O)=O)cc1OC. The zero-order chi connectivity index (χ0) is 20.7. The minimum absolute atomic E-state index is 0.286. The van der Waals surface area contributed by atoms with Gasteiger partial charge >= 0.3 is 0 Å². The molecule has 0 heterocycles. The molecule has 0 aliphatic rings. The van der Waals surface area contributed by atoms with Crippen LogP contribution in [-0.2, 0) is 21.2 Å². The number of anilines is 1. The van der Waals surface area contributed by atoms with Gasteiger partial charge in [0.05, 0.1) is 26.2 Å². The van der Waals surface area contributed by atoms with Crippen molar-refractivity contribution >= 4 is 21.6 Å². The van der Waals surface area contributed by atoms with Crippen molar-refractivity contribution in [2.45, 2.75) is 6.42 Å². The Morgan fingerprint density at radius 1 is 1.07 bits per heavy atom. The van der Waals surface area contributed by atoms with Gasteiger partial charge < -0.3 is 14.8 Å². The van der Waals surface area contributed by atoms with E-state index >= 15 is 0 Å². The predicted molar refractivity (Wildman–Crippen MR) is 105 cm³/mol. The molecule has 2 aromatic rings. The van der Waals surface area contributed by atoms with Gasteiger partial charge in [0.2, 0.25) is 15.9 Å². The van der Waals surface area contributed by atoms with Crippen molar-refractivity contribution in [3.8, 4) is 11.5 Å². The van der Waals surface area contributed by atoms with Gasteiger partial charge in [-0.2, -0.15) is 0 Å². The van der Waals surface area contributed by atoms with Crippen molar-refractivity contribution in [2.75, 3.05) is 37.9 Å². The predicted octanol–water partition coefficient (Wildman–Crippen LogP) is 1.97. The Kier molecular flexibility index (Phi) is 7.22. The minimum Gasteiger partial charge on any atom is -0.493 e. The van der Waals surface area contributed by atoms with Crippen LogP contribution in [0.2, 0.25) is 0 Å². The third-order valence-corrected chi connectivity index (χ3v) is 5.13. The zero-order valence-electron chi connectivity index (χ0n) is 15.9. The van der Waals surface area contributed by atoms with Crippen LogP contribution in [-0.4, -0.2) is 47.9 Å². The van der Waals surface area contributed by atoms with E-state index in [2.05, 4.69) is 5.32 Å². The van der Waals surface area contributed by atoms with Crippen LogP contribution in [0.3, 0.4) is 0 Å². The summed E-state index contributed by atoms with van der Waals surface area (Å²) >= 11 is 0. The number of hydrogen-bond donors (Lipinski definition) is 1. The van der Waals surface area contributed by atoms with E-state index in [-0.39, 0.29) is 18.0 Å². The standard InChI is InChI=1S/C19H23FN2O5S/c1-26-17-9-8-16(12-18(17)27-2)22(28(3,24)25)13-19(23)21-11-10-14-4-6-15(20)7-5-14/h4-9,12H,10-11,13H2,1-3H3,(H,21,23). The van der Waals surface area contributed by atoms with Gasteiger partial charge in [-0.05, 0) is 36.2 Å². The molecule has 0 aliphatic heterocycles. The summed E-state index contributed by atoms with van der Waals surface area (Å²) in [5.74, 6) is 0.0163. The molecule has 0 saturated heterocycles. The van der Waals surface area contributed by atoms with Crippen molar-refractivity contribution in [3.63, 3.8) is 0 Å². The lowest BCUT2D eigenvalue weighted by Gasteiger charge is -2.23. The topological polar surface area (TPSA) is 84.9 Å². The number of methoxy groups -OCH3 is 2. The molecule has 0 spiro atoms. The molecule has 2 aromatic carbocycles. The lowest BCUT2D eigenvalue weighted by Crippen LogP contribution is -2.41. The number of nitrogens with one attached hydrogen (secondary N) is 1. The Hall–Kier alpha value is -2.81. The number of amides is 1. The molecule has 0 bridgehead atoms. The summed E-state index contributed by atoms with van der Waals surface area (Å²) in [7, 11) is -0.793. The Morgan fingerprint density at radius 2 is 1.71 bits per heavy atom. The summed E-state index contributed by atoms with van der Waals surface area (Å²) in [6.45, 7) is -0.0776. The van der Waals surface area contributed by atoms with Crippen LogP contribution in [0.25, 0.3) is 0 Å². The number of carbonyl (C=O) groups is 1. The number of hydrogen-bond acceptors (Lipinski definition) is 5. The van der Waals surface area contributed by atoms with E-state index in [1.54, 1.807) is 18.2 Å². The molecule has 1 amide bonds. The maximum Gasteiger partial charge on any atom is 0.240 e. The van der Waals surface area contributed by atoms with Crippen LogP contribution < -0.4 is 19.1 Å².